The van der Waals surface area contributed by atoms with Crippen molar-refractivity contribution in [2.45, 2.75) is 25.0 Å². The molecule has 0 saturated carbocycles. The van der Waals surface area contributed by atoms with Crippen LogP contribution in [0.4, 0.5) is 4.79 Å². The molecule has 0 amide bonds. The van der Waals surface area contributed by atoms with Crippen LogP contribution >= 0.6 is 11.8 Å². The summed E-state index contributed by atoms with van der Waals surface area (Å²) in [6, 6.07) is 6.96. The monoisotopic (exact) mass is 270 g/mol. The number of hydrogen-bond acceptors (Lipinski definition) is 6. The molecule has 1 aromatic carbocycles. The molecule has 0 aliphatic heterocycles. The first kappa shape index (κ1) is 14.4. The summed E-state index contributed by atoms with van der Waals surface area (Å²) in [6.07, 6.45) is 0.0615. The lowest BCUT2D eigenvalue weighted by Gasteiger charge is -2.12. The highest BCUT2D eigenvalue weighted by atomic mass is 32.2. The molecule has 98 valence electrons. The molecule has 0 bridgehead atoms. The average Bonchev–Trinajstić information content (AvgIpc) is 2.28. The molecule has 0 saturated heterocycles. The average molecular weight is 270 g/mol. The molecule has 5 nitrogen and oxygen atoms in total. The molecule has 1 aromatic rings. The van der Waals surface area contributed by atoms with E-state index in [-0.39, 0.29) is 0 Å². The molecule has 0 aromatic heterocycles. The summed E-state index contributed by atoms with van der Waals surface area (Å²) >= 11 is 1.58. The third-order valence-electron chi connectivity index (χ3n) is 1.85. The van der Waals surface area contributed by atoms with E-state index < -0.39 is 18.4 Å². The van der Waals surface area contributed by atoms with Crippen molar-refractivity contribution in [3.63, 3.8) is 0 Å². The summed E-state index contributed by atoms with van der Waals surface area (Å²) in [5, 5.41) is 0. The lowest BCUT2D eigenvalue weighted by molar-refractivity contribution is -0.163. The predicted octanol–water partition coefficient (Wildman–Crippen LogP) is 2.83. The van der Waals surface area contributed by atoms with Crippen molar-refractivity contribution in [3.8, 4) is 5.75 Å². The second-order valence-corrected chi connectivity index (χ2v) is 4.20. The van der Waals surface area contributed by atoms with Crippen molar-refractivity contribution in [2.75, 3.05) is 6.26 Å². The molecule has 18 heavy (non-hydrogen) atoms. The Bertz CT molecular complexity index is 415. The van der Waals surface area contributed by atoms with E-state index in [1.54, 1.807) is 23.9 Å². The van der Waals surface area contributed by atoms with E-state index in [2.05, 4.69) is 4.74 Å². The van der Waals surface area contributed by atoms with Gasteiger partial charge < -0.3 is 14.2 Å². The zero-order chi connectivity index (χ0) is 13.5. The summed E-state index contributed by atoms with van der Waals surface area (Å²) in [7, 11) is 0. The van der Waals surface area contributed by atoms with Gasteiger partial charge in [-0.25, -0.2) is 4.79 Å². The Hall–Kier alpha value is -1.69. The highest BCUT2D eigenvalue weighted by molar-refractivity contribution is 7.98. The molecule has 0 N–H and O–H groups in total. The summed E-state index contributed by atoms with van der Waals surface area (Å²) in [5.41, 5.74) is 0. The number of esters is 1. The first-order valence-electron chi connectivity index (χ1n) is 5.21. The largest absolute Gasteiger partial charge is 0.516 e. The summed E-state index contributed by atoms with van der Waals surface area (Å²) in [5.74, 6) is -0.160. The number of benzene rings is 1. The van der Waals surface area contributed by atoms with E-state index in [0.717, 1.165) is 4.90 Å². The molecule has 0 spiro atoms. The first-order chi connectivity index (χ1) is 8.51. The van der Waals surface area contributed by atoms with E-state index >= 15 is 0 Å². The van der Waals surface area contributed by atoms with E-state index in [0.29, 0.717) is 5.75 Å². The summed E-state index contributed by atoms with van der Waals surface area (Å²) in [6.45, 7) is 2.66. The molecule has 0 aliphatic carbocycles. The van der Waals surface area contributed by atoms with Crippen molar-refractivity contribution in [1.29, 1.82) is 0 Å². The molecule has 0 radical (unpaired) electrons. The zero-order valence-electron chi connectivity index (χ0n) is 10.3. The van der Waals surface area contributed by atoms with Crippen LogP contribution in [0.25, 0.3) is 0 Å². The standard InChI is InChI=1S/C12H14O5S/c1-8(13)15-9(2)16-12(14)17-10-4-6-11(18-3)7-5-10/h4-7,9H,1-3H3. The number of carbonyl (C=O) groups is 2. The van der Waals surface area contributed by atoms with E-state index in [9.17, 15) is 9.59 Å². The zero-order valence-corrected chi connectivity index (χ0v) is 11.2. The van der Waals surface area contributed by atoms with Gasteiger partial charge in [-0.1, -0.05) is 0 Å². The van der Waals surface area contributed by atoms with E-state index in [1.165, 1.54) is 13.8 Å². The Balaban J connectivity index is 2.46. The lowest BCUT2D eigenvalue weighted by Crippen LogP contribution is -2.22. The smallest absolute Gasteiger partial charge is 0.426 e. The van der Waals surface area contributed by atoms with Crippen LogP contribution in [0.2, 0.25) is 0 Å². The van der Waals surface area contributed by atoms with Gasteiger partial charge in [0.1, 0.15) is 5.75 Å². The first-order valence-corrected chi connectivity index (χ1v) is 6.43. The minimum atomic E-state index is -0.972. The van der Waals surface area contributed by atoms with Gasteiger partial charge in [0.15, 0.2) is 0 Å². The van der Waals surface area contributed by atoms with Gasteiger partial charge in [0, 0.05) is 18.7 Å². The summed E-state index contributed by atoms with van der Waals surface area (Å²) in [4.78, 5) is 23.0. The Morgan fingerprint density at radius 2 is 1.78 bits per heavy atom. The van der Waals surface area contributed by atoms with Crippen LogP contribution in [-0.2, 0) is 14.3 Å². The van der Waals surface area contributed by atoms with Gasteiger partial charge in [-0.05, 0) is 30.5 Å². The molecular formula is C12H14O5S. The van der Waals surface area contributed by atoms with Gasteiger partial charge in [-0.3, -0.25) is 4.79 Å². The second kappa shape index (κ2) is 6.90. The van der Waals surface area contributed by atoms with E-state index in [1.807, 2.05) is 18.4 Å². The molecule has 1 atom stereocenters. The van der Waals surface area contributed by atoms with Crippen molar-refractivity contribution in [1.82, 2.24) is 0 Å². The normalized spacial score (nSPS) is 11.5. The van der Waals surface area contributed by atoms with Crippen LogP contribution < -0.4 is 4.74 Å². The lowest BCUT2D eigenvalue weighted by atomic mass is 10.3. The topological polar surface area (TPSA) is 61.8 Å². The fourth-order valence-corrected chi connectivity index (χ4v) is 1.57. The molecule has 0 aliphatic rings. The number of carbonyl (C=O) groups excluding carboxylic acids is 2. The van der Waals surface area contributed by atoms with Crippen molar-refractivity contribution in [3.05, 3.63) is 24.3 Å². The second-order valence-electron chi connectivity index (χ2n) is 3.32. The predicted molar refractivity (Wildman–Crippen MR) is 66.6 cm³/mol. The van der Waals surface area contributed by atoms with Gasteiger partial charge in [0.25, 0.3) is 0 Å². The minimum Gasteiger partial charge on any atom is -0.426 e. The van der Waals surface area contributed by atoms with Gasteiger partial charge in [0.2, 0.25) is 6.29 Å². The third kappa shape index (κ3) is 5.09. The van der Waals surface area contributed by atoms with Crippen LogP contribution in [-0.4, -0.2) is 24.7 Å². The Labute approximate surface area is 109 Å². The van der Waals surface area contributed by atoms with Gasteiger partial charge >= 0.3 is 12.1 Å². The van der Waals surface area contributed by atoms with Crippen molar-refractivity contribution in [2.24, 2.45) is 0 Å². The number of ether oxygens (including phenoxy) is 3. The van der Waals surface area contributed by atoms with Gasteiger partial charge in [-0.15, -0.1) is 11.8 Å². The van der Waals surface area contributed by atoms with Crippen LogP contribution in [0.5, 0.6) is 5.75 Å². The van der Waals surface area contributed by atoms with E-state index in [4.69, 9.17) is 9.47 Å². The molecule has 1 unspecified atom stereocenters. The number of hydrogen-bond donors (Lipinski definition) is 0. The molecule has 0 fully saturated rings. The molecular weight excluding hydrogens is 256 g/mol. The fourth-order valence-electron chi connectivity index (χ4n) is 1.16. The van der Waals surface area contributed by atoms with Crippen molar-refractivity contribution < 1.29 is 23.8 Å². The number of thioether (sulfide) groups is 1. The maximum Gasteiger partial charge on any atom is 0.516 e. The van der Waals surface area contributed by atoms with Gasteiger partial charge in [0.05, 0.1) is 0 Å². The van der Waals surface area contributed by atoms with Crippen LogP contribution in [0.3, 0.4) is 0 Å². The number of rotatable bonds is 4. The molecule has 6 heteroatoms. The van der Waals surface area contributed by atoms with Gasteiger partial charge in [-0.2, -0.15) is 0 Å². The fraction of sp³-hybridized carbons (Fsp3) is 0.333. The highest BCUT2D eigenvalue weighted by Gasteiger charge is 2.13. The maximum absolute atomic E-state index is 11.3. The molecule has 1 rings (SSSR count). The Morgan fingerprint density at radius 1 is 1.17 bits per heavy atom. The van der Waals surface area contributed by atoms with Crippen LogP contribution in [0.15, 0.2) is 29.2 Å². The third-order valence-corrected chi connectivity index (χ3v) is 2.60. The highest BCUT2D eigenvalue weighted by Crippen LogP contribution is 2.19. The summed E-state index contributed by atoms with van der Waals surface area (Å²) < 4.78 is 14.2. The maximum atomic E-state index is 11.3. The minimum absolute atomic E-state index is 0.368. The molecule has 0 heterocycles. The SMILES string of the molecule is CSc1ccc(OC(=O)OC(C)OC(C)=O)cc1. The Kier molecular flexibility index (Phi) is 5.51. The van der Waals surface area contributed by atoms with Crippen LogP contribution in [0, 0.1) is 0 Å². The quantitative estimate of drug-likeness (QED) is 0.363. The van der Waals surface area contributed by atoms with Crippen molar-refractivity contribution >= 4 is 23.9 Å². The van der Waals surface area contributed by atoms with Crippen LogP contribution in [0.1, 0.15) is 13.8 Å². The Morgan fingerprint density at radius 3 is 2.28 bits per heavy atom.